The van der Waals surface area contributed by atoms with Crippen LogP contribution in [0.25, 0.3) is 0 Å². The lowest BCUT2D eigenvalue weighted by atomic mass is 9.69. The van der Waals surface area contributed by atoms with Gasteiger partial charge >= 0.3 is 0 Å². The molecule has 2 saturated carbocycles. The number of rotatable bonds is 4. The Bertz CT molecular complexity index is 645. The van der Waals surface area contributed by atoms with Crippen LogP contribution in [0.1, 0.15) is 45.7 Å². The maximum atomic E-state index is 12.6. The molecular weight excluding hydrogens is 288 g/mol. The molecule has 0 amide bonds. The van der Waals surface area contributed by atoms with E-state index in [1.807, 2.05) is 0 Å². The van der Waals surface area contributed by atoms with E-state index in [2.05, 4.69) is 30.5 Å². The van der Waals surface area contributed by atoms with Crippen molar-refractivity contribution in [2.24, 2.45) is 16.7 Å². The van der Waals surface area contributed by atoms with Crippen LogP contribution in [-0.2, 0) is 16.6 Å². The zero-order valence-electron chi connectivity index (χ0n) is 12.8. The normalized spacial score (nSPS) is 34.5. The van der Waals surface area contributed by atoms with Gasteiger partial charge in [-0.05, 0) is 42.1 Å². The first-order chi connectivity index (χ1) is 9.69. The Morgan fingerprint density at radius 3 is 2.67 bits per heavy atom. The second-order valence-corrected chi connectivity index (χ2v) is 9.20. The lowest BCUT2D eigenvalue weighted by Gasteiger charge is -2.42. The Balaban J connectivity index is 1.89. The predicted octanol–water partition coefficient (Wildman–Crippen LogP) is 2.00. The predicted molar refractivity (Wildman–Crippen MR) is 80.1 cm³/mol. The van der Waals surface area contributed by atoms with Gasteiger partial charge in [0.2, 0.25) is 10.0 Å². The third kappa shape index (κ3) is 2.24. The minimum absolute atomic E-state index is 0.0177. The molecule has 0 radical (unpaired) electrons. The fourth-order valence-corrected chi connectivity index (χ4v) is 6.03. The zero-order valence-corrected chi connectivity index (χ0v) is 13.6. The van der Waals surface area contributed by atoms with Crippen molar-refractivity contribution in [1.29, 1.82) is 0 Å². The van der Waals surface area contributed by atoms with Crippen molar-refractivity contribution in [3.63, 3.8) is 0 Å². The second-order valence-electron chi connectivity index (χ2n) is 7.49. The molecule has 1 aromatic heterocycles. The molecule has 6 heteroatoms. The third-order valence-corrected chi connectivity index (χ3v) is 7.14. The summed E-state index contributed by atoms with van der Waals surface area (Å²) in [6.45, 7) is 6.35. The van der Waals surface area contributed by atoms with Gasteiger partial charge in [0.05, 0.1) is 11.5 Å². The number of sulfonamides is 1. The van der Waals surface area contributed by atoms with Crippen LogP contribution in [0.2, 0.25) is 0 Å². The van der Waals surface area contributed by atoms with Gasteiger partial charge in [-0.25, -0.2) is 13.1 Å². The van der Waals surface area contributed by atoms with E-state index in [1.54, 1.807) is 0 Å². The van der Waals surface area contributed by atoms with E-state index in [0.29, 0.717) is 11.6 Å². The fraction of sp³-hybridized carbons (Fsp3) is 0.733. The van der Waals surface area contributed by atoms with E-state index in [-0.39, 0.29) is 28.4 Å². The number of hydrogen-bond donors (Lipinski definition) is 3. The number of nitrogens with one attached hydrogen (secondary N) is 2. The van der Waals surface area contributed by atoms with Gasteiger partial charge in [-0.2, -0.15) is 0 Å². The molecule has 3 rings (SSSR count). The number of aliphatic hydroxyl groups is 1. The molecule has 2 aliphatic carbocycles. The molecule has 2 fully saturated rings. The minimum atomic E-state index is -3.56. The maximum absolute atomic E-state index is 12.6. The lowest BCUT2D eigenvalue weighted by Crippen LogP contribution is -2.52. The summed E-state index contributed by atoms with van der Waals surface area (Å²) in [7, 11) is -3.56. The summed E-state index contributed by atoms with van der Waals surface area (Å²) < 4.78 is 28.2. The molecule has 0 aliphatic heterocycles. The van der Waals surface area contributed by atoms with E-state index in [1.165, 1.54) is 18.7 Å². The van der Waals surface area contributed by atoms with Crippen molar-refractivity contribution in [2.45, 2.75) is 57.6 Å². The van der Waals surface area contributed by atoms with Gasteiger partial charge in [-0.1, -0.05) is 20.8 Å². The highest BCUT2D eigenvalue weighted by molar-refractivity contribution is 7.89. The molecule has 1 heterocycles. The summed E-state index contributed by atoms with van der Waals surface area (Å²) in [6.07, 6.45) is 4.82. The van der Waals surface area contributed by atoms with Gasteiger partial charge in [0, 0.05) is 17.9 Å². The molecule has 2 bridgehead atoms. The lowest BCUT2D eigenvalue weighted by molar-refractivity contribution is 0.127. The van der Waals surface area contributed by atoms with Crippen LogP contribution in [0.5, 0.6) is 0 Å². The number of fused-ring (bicyclic) bond motifs is 2. The first kappa shape index (κ1) is 15.1. The van der Waals surface area contributed by atoms with Crippen molar-refractivity contribution >= 4 is 10.0 Å². The second kappa shape index (κ2) is 4.57. The summed E-state index contributed by atoms with van der Waals surface area (Å²) in [5.41, 5.74) is 0.543. The van der Waals surface area contributed by atoms with Crippen LogP contribution in [0.3, 0.4) is 0 Å². The molecule has 21 heavy (non-hydrogen) atoms. The Morgan fingerprint density at radius 2 is 2.14 bits per heavy atom. The largest absolute Gasteiger partial charge is 0.390 e. The molecule has 0 aromatic carbocycles. The third-order valence-electron chi connectivity index (χ3n) is 5.74. The van der Waals surface area contributed by atoms with Crippen molar-refractivity contribution in [3.8, 4) is 0 Å². The SMILES string of the molecule is CC12CCC(C1)C(C)(C)C2NS(=O)(=O)c1c[nH]c(CO)c1. The highest BCUT2D eigenvalue weighted by atomic mass is 32.2. The molecule has 118 valence electrons. The molecule has 3 atom stereocenters. The van der Waals surface area contributed by atoms with Crippen molar-refractivity contribution in [1.82, 2.24) is 9.71 Å². The molecule has 0 saturated heterocycles. The van der Waals surface area contributed by atoms with Crippen molar-refractivity contribution in [2.75, 3.05) is 0 Å². The molecule has 1 aromatic rings. The van der Waals surface area contributed by atoms with Crippen LogP contribution >= 0.6 is 0 Å². The van der Waals surface area contributed by atoms with Gasteiger partial charge < -0.3 is 10.1 Å². The van der Waals surface area contributed by atoms with Crippen LogP contribution < -0.4 is 4.72 Å². The average Bonchev–Trinajstić information content (AvgIpc) is 3.06. The smallest absolute Gasteiger partial charge is 0.242 e. The quantitative estimate of drug-likeness (QED) is 0.795. The Kier molecular flexibility index (Phi) is 3.28. The number of H-pyrrole nitrogens is 1. The van der Waals surface area contributed by atoms with Crippen molar-refractivity contribution in [3.05, 3.63) is 18.0 Å². The summed E-state index contributed by atoms with van der Waals surface area (Å²) in [4.78, 5) is 2.98. The highest BCUT2D eigenvalue weighted by Crippen LogP contribution is 2.62. The first-order valence-electron chi connectivity index (χ1n) is 7.49. The average molecular weight is 312 g/mol. The van der Waals surface area contributed by atoms with Gasteiger partial charge in [-0.3, -0.25) is 0 Å². The Morgan fingerprint density at radius 1 is 1.43 bits per heavy atom. The van der Waals surface area contributed by atoms with Gasteiger partial charge in [0.25, 0.3) is 0 Å². The first-order valence-corrected chi connectivity index (χ1v) is 8.98. The molecule has 3 unspecified atom stereocenters. The molecule has 0 spiro atoms. The van der Waals surface area contributed by atoms with Crippen molar-refractivity contribution < 1.29 is 13.5 Å². The molecule has 2 aliphatic rings. The van der Waals surface area contributed by atoms with Crippen LogP contribution in [-0.4, -0.2) is 24.6 Å². The van der Waals surface area contributed by atoms with E-state index in [4.69, 9.17) is 5.11 Å². The van der Waals surface area contributed by atoms with Crippen LogP contribution in [0.15, 0.2) is 17.2 Å². The molecule has 5 nitrogen and oxygen atoms in total. The van der Waals surface area contributed by atoms with Crippen LogP contribution in [0.4, 0.5) is 0 Å². The Hall–Kier alpha value is -0.850. The van der Waals surface area contributed by atoms with E-state index >= 15 is 0 Å². The zero-order chi connectivity index (χ0) is 15.5. The summed E-state index contributed by atoms with van der Waals surface area (Å²) >= 11 is 0. The monoisotopic (exact) mass is 312 g/mol. The van der Waals surface area contributed by atoms with Gasteiger partial charge in [0.1, 0.15) is 0 Å². The number of hydrogen-bond acceptors (Lipinski definition) is 3. The van der Waals surface area contributed by atoms with E-state index in [9.17, 15) is 8.42 Å². The summed E-state index contributed by atoms with van der Waals surface area (Å²) in [5.74, 6) is 0.592. The topological polar surface area (TPSA) is 82.2 Å². The van der Waals surface area contributed by atoms with Gasteiger partial charge in [0.15, 0.2) is 0 Å². The maximum Gasteiger partial charge on any atom is 0.242 e. The fourth-order valence-electron chi connectivity index (χ4n) is 4.48. The van der Waals surface area contributed by atoms with Gasteiger partial charge in [-0.15, -0.1) is 0 Å². The van der Waals surface area contributed by atoms with Crippen LogP contribution in [0, 0.1) is 16.7 Å². The molecule has 3 N–H and O–H groups in total. The van der Waals surface area contributed by atoms with E-state index in [0.717, 1.165) is 12.8 Å². The number of aromatic amines is 1. The minimum Gasteiger partial charge on any atom is -0.390 e. The standard InChI is InChI=1S/C15H24N2O3S/c1-14(2)10-4-5-15(3,7-10)13(14)17-21(19,20)12-6-11(9-18)16-8-12/h6,8,10,13,16-18H,4-5,7,9H2,1-3H3. The Labute approximate surface area is 126 Å². The highest BCUT2D eigenvalue weighted by Gasteiger charge is 2.60. The van der Waals surface area contributed by atoms with E-state index < -0.39 is 10.0 Å². The number of aliphatic hydroxyl groups excluding tert-OH is 1. The molecular formula is C15H24N2O3S. The summed E-state index contributed by atoms with van der Waals surface area (Å²) in [6, 6.07) is 1.45. The summed E-state index contributed by atoms with van der Waals surface area (Å²) in [5, 5.41) is 9.06. The number of aromatic nitrogens is 1.